The van der Waals surface area contributed by atoms with E-state index < -0.39 is 10.8 Å². The molecular weight excluding hydrogens is 346 g/mol. The van der Waals surface area contributed by atoms with Crippen molar-refractivity contribution < 1.29 is 13.7 Å². The fourth-order valence-corrected chi connectivity index (χ4v) is 2.86. The Morgan fingerprint density at radius 1 is 1.21 bits per heavy atom. The van der Waals surface area contributed by atoms with Gasteiger partial charge >= 0.3 is 0 Å². The molecule has 24 heavy (non-hydrogen) atoms. The van der Waals surface area contributed by atoms with Gasteiger partial charge in [-0.3, -0.25) is 9.00 Å². The van der Waals surface area contributed by atoms with Gasteiger partial charge in [-0.1, -0.05) is 17.7 Å². The Morgan fingerprint density at radius 3 is 2.54 bits per heavy atom. The summed E-state index contributed by atoms with van der Waals surface area (Å²) in [4.78, 5) is 14.7. The first kappa shape index (κ1) is 18.5. The van der Waals surface area contributed by atoms with E-state index in [0.29, 0.717) is 35.1 Å². The van der Waals surface area contributed by atoms with Crippen molar-refractivity contribution in [3.8, 4) is 5.75 Å². The summed E-state index contributed by atoms with van der Waals surface area (Å²) < 4.78 is 17.0. The van der Waals surface area contributed by atoms with E-state index in [1.807, 2.05) is 12.1 Å². The minimum Gasteiger partial charge on any atom is -0.493 e. The van der Waals surface area contributed by atoms with Crippen molar-refractivity contribution in [2.75, 3.05) is 26.5 Å². The van der Waals surface area contributed by atoms with Crippen molar-refractivity contribution in [2.45, 2.75) is 11.3 Å². The molecule has 0 saturated carbocycles. The lowest BCUT2D eigenvalue weighted by Crippen LogP contribution is -2.28. The summed E-state index contributed by atoms with van der Waals surface area (Å²) in [5.41, 5.74) is 0.586. The molecule has 2 aromatic rings. The van der Waals surface area contributed by atoms with E-state index >= 15 is 0 Å². The van der Waals surface area contributed by atoms with Gasteiger partial charge in [-0.15, -0.1) is 0 Å². The Balaban J connectivity index is 1.80. The van der Waals surface area contributed by atoms with Crippen LogP contribution < -0.4 is 4.74 Å². The highest BCUT2D eigenvalue weighted by atomic mass is 35.5. The van der Waals surface area contributed by atoms with Gasteiger partial charge in [0.15, 0.2) is 0 Å². The third kappa shape index (κ3) is 5.35. The van der Waals surface area contributed by atoms with Gasteiger partial charge in [0.25, 0.3) is 5.91 Å². The number of nitrogens with zero attached hydrogens (tertiary/aromatic N) is 1. The Bertz CT molecular complexity index is 718. The Hall–Kier alpha value is -1.85. The highest BCUT2D eigenvalue weighted by molar-refractivity contribution is 7.84. The smallest absolute Gasteiger partial charge is 0.253 e. The number of rotatable bonds is 7. The second kappa shape index (κ2) is 8.85. The van der Waals surface area contributed by atoms with Gasteiger partial charge in [0.2, 0.25) is 0 Å². The van der Waals surface area contributed by atoms with Crippen molar-refractivity contribution >= 4 is 28.3 Å². The Morgan fingerprint density at radius 2 is 1.92 bits per heavy atom. The van der Waals surface area contributed by atoms with Crippen molar-refractivity contribution in [3.63, 3.8) is 0 Å². The molecule has 0 N–H and O–H groups in total. The second-order valence-electron chi connectivity index (χ2n) is 5.36. The lowest BCUT2D eigenvalue weighted by atomic mass is 10.2. The summed E-state index contributed by atoms with van der Waals surface area (Å²) in [6, 6.07) is 14.1. The van der Waals surface area contributed by atoms with Crippen LogP contribution in [0.5, 0.6) is 5.75 Å². The molecule has 6 heteroatoms. The first-order valence-electron chi connectivity index (χ1n) is 7.54. The molecule has 1 amide bonds. The van der Waals surface area contributed by atoms with Crippen molar-refractivity contribution in [1.29, 1.82) is 0 Å². The number of carbonyl (C=O) groups is 1. The molecule has 0 saturated heterocycles. The topological polar surface area (TPSA) is 46.6 Å². The molecule has 0 fully saturated rings. The number of amides is 1. The van der Waals surface area contributed by atoms with Crippen LogP contribution in [-0.4, -0.2) is 41.5 Å². The summed E-state index contributed by atoms with van der Waals surface area (Å²) in [7, 11) is 0.719. The van der Waals surface area contributed by atoms with Gasteiger partial charge in [-0.2, -0.15) is 0 Å². The molecule has 0 bridgehead atoms. The van der Waals surface area contributed by atoms with Crippen LogP contribution in [0.25, 0.3) is 0 Å². The standard InChI is InChI=1S/C18H20ClNO3S/c1-20(11-4-12-23-16-6-3-5-15(19)13-16)18(21)14-7-9-17(10-8-14)24(2)22/h3,5-10,13H,4,11-12H2,1-2H3. The van der Waals surface area contributed by atoms with E-state index in [1.165, 1.54) is 0 Å². The maximum atomic E-state index is 12.3. The van der Waals surface area contributed by atoms with Crippen molar-refractivity contribution in [2.24, 2.45) is 0 Å². The van der Waals surface area contributed by atoms with Crippen LogP contribution in [0.2, 0.25) is 5.02 Å². The van der Waals surface area contributed by atoms with Gasteiger partial charge < -0.3 is 9.64 Å². The third-order valence-corrected chi connectivity index (χ3v) is 4.65. The van der Waals surface area contributed by atoms with Crippen LogP contribution in [0.15, 0.2) is 53.4 Å². The van der Waals surface area contributed by atoms with Crippen LogP contribution in [-0.2, 0) is 10.8 Å². The summed E-state index contributed by atoms with van der Waals surface area (Å²) in [5.74, 6) is 0.658. The average molecular weight is 366 g/mol. The molecule has 1 unspecified atom stereocenters. The van der Waals surface area contributed by atoms with Crippen molar-refractivity contribution in [3.05, 3.63) is 59.1 Å². The molecular formula is C18H20ClNO3S. The minimum absolute atomic E-state index is 0.0637. The molecule has 128 valence electrons. The zero-order chi connectivity index (χ0) is 17.5. The van der Waals surface area contributed by atoms with E-state index in [2.05, 4.69) is 0 Å². The fraction of sp³-hybridized carbons (Fsp3) is 0.278. The number of halogens is 1. The fourth-order valence-electron chi connectivity index (χ4n) is 2.16. The zero-order valence-corrected chi connectivity index (χ0v) is 15.3. The summed E-state index contributed by atoms with van der Waals surface area (Å²) >= 11 is 5.90. The SMILES string of the molecule is CN(CCCOc1cccc(Cl)c1)C(=O)c1ccc(S(C)=O)cc1. The lowest BCUT2D eigenvalue weighted by Gasteiger charge is -2.17. The number of hydrogen-bond acceptors (Lipinski definition) is 3. The monoisotopic (exact) mass is 365 g/mol. The van der Waals surface area contributed by atoms with Crippen LogP contribution in [0.4, 0.5) is 0 Å². The minimum atomic E-state index is -1.04. The van der Waals surface area contributed by atoms with Gasteiger partial charge in [0.1, 0.15) is 5.75 Å². The van der Waals surface area contributed by atoms with E-state index in [0.717, 1.165) is 5.75 Å². The van der Waals surface area contributed by atoms with Gasteiger partial charge in [0, 0.05) is 46.1 Å². The Labute approximate surface area is 149 Å². The third-order valence-electron chi connectivity index (χ3n) is 3.48. The maximum Gasteiger partial charge on any atom is 0.253 e. The quantitative estimate of drug-likeness (QED) is 0.704. The van der Waals surface area contributed by atoms with Crippen LogP contribution in [0, 0.1) is 0 Å². The van der Waals surface area contributed by atoms with Crippen LogP contribution in [0.3, 0.4) is 0 Å². The maximum absolute atomic E-state index is 12.3. The Kier molecular flexibility index (Phi) is 6.82. The molecule has 0 aliphatic heterocycles. The van der Waals surface area contributed by atoms with E-state index in [-0.39, 0.29) is 5.91 Å². The predicted octanol–water partition coefficient (Wildman–Crippen LogP) is 3.62. The molecule has 0 heterocycles. The van der Waals surface area contributed by atoms with Gasteiger partial charge in [0.05, 0.1) is 6.61 Å². The molecule has 2 aromatic carbocycles. The highest BCUT2D eigenvalue weighted by Gasteiger charge is 2.11. The number of hydrogen-bond donors (Lipinski definition) is 0. The zero-order valence-electron chi connectivity index (χ0n) is 13.7. The first-order valence-corrected chi connectivity index (χ1v) is 9.48. The van der Waals surface area contributed by atoms with Gasteiger partial charge in [-0.05, 0) is 48.9 Å². The number of carbonyl (C=O) groups excluding carboxylic acids is 1. The van der Waals surface area contributed by atoms with Crippen LogP contribution >= 0.6 is 11.6 Å². The molecule has 0 aliphatic carbocycles. The lowest BCUT2D eigenvalue weighted by molar-refractivity contribution is 0.0788. The average Bonchev–Trinajstić information content (AvgIpc) is 2.58. The van der Waals surface area contributed by atoms with E-state index in [9.17, 15) is 9.00 Å². The largest absolute Gasteiger partial charge is 0.493 e. The van der Waals surface area contributed by atoms with Crippen LogP contribution in [0.1, 0.15) is 16.8 Å². The molecule has 2 rings (SSSR count). The number of ether oxygens (including phenoxy) is 1. The normalized spacial score (nSPS) is 11.8. The summed E-state index contributed by atoms with van der Waals surface area (Å²) in [6.45, 7) is 1.09. The molecule has 1 atom stereocenters. The first-order chi connectivity index (χ1) is 11.5. The predicted molar refractivity (Wildman–Crippen MR) is 97.3 cm³/mol. The van der Waals surface area contributed by atoms with Gasteiger partial charge in [-0.25, -0.2) is 0 Å². The van der Waals surface area contributed by atoms with Crippen molar-refractivity contribution in [1.82, 2.24) is 4.90 Å². The summed E-state index contributed by atoms with van der Waals surface area (Å²) in [6.07, 6.45) is 2.33. The molecule has 4 nitrogen and oxygen atoms in total. The molecule has 0 spiro atoms. The van der Waals surface area contributed by atoms with E-state index in [1.54, 1.807) is 54.6 Å². The highest BCUT2D eigenvalue weighted by Crippen LogP contribution is 2.17. The van der Waals surface area contributed by atoms with E-state index in [4.69, 9.17) is 16.3 Å². The number of benzene rings is 2. The molecule has 0 radical (unpaired) electrons. The molecule has 0 aliphatic rings. The molecule has 0 aromatic heterocycles. The second-order valence-corrected chi connectivity index (χ2v) is 7.18. The summed E-state index contributed by atoms with van der Waals surface area (Å²) in [5, 5.41) is 0.635.